The van der Waals surface area contributed by atoms with Crippen molar-refractivity contribution < 1.29 is 72.0 Å². The van der Waals surface area contributed by atoms with E-state index >= 15 is 0 Å². The monoisotopic (exact) mass is 632 g/mol. The van der Waals surface area contributed by atoms with Crippen molar-refractivity contribution in [1.82, 2.24) is 0 Å². The molecule has 6 fully saturated rings. The van der Waals surface area contributed by atoms with Crippen LogP contribution in [0.15, 0.2) is 0 Å². The van der Waals surface area contributed by atoms with Crippen LogP contribution in [0.25, 0.3) is 0 Å². The van der Waals surface area contributed by atoms with Crippen molar-refractivity contribution in [2.75, 3.05) is 20.3 Å². The maximum absolute atomic E-state index is 12.8. The molecule has 40 heavy (non-hydrogen) atoms. The highest BCUT2D eigenvalue weighted by atomic mass is 35.5. The smallest absolute Gasteiger partial charge is 0.400 e. The van der Waals surface area contributed by atoms with Gasteiger partial charge in [-0.05, 0) is 62.2 Å². The number of rotatable bonds is 1. The van der Waals surface area contributed by atoms with E-state index in [1.54, 1.807) is 7.11 Å². The fraction of sp³-hybridized carbons (Fsp3) is 1.00. The van der Waals surface area contributed by atoms with Crippen LogP contribution in [0.2, 0.25) is 0 Å². The SMILES string of the molecule is CO.COCCl.FC(F)(F)C1(C(F)(F)F)OC2C3CCC(C3)C21.FC(F)(F)C1(C(F)(F)F)OC2C3CCC(C3)C21. The molecule has 0 amide bonds. The molecule has 4 saturated carbocycles. The van der Waals surface area contributed by atoms with Gasteiger partial charge in [0.1, 0.15) is 6.07 Å². The predicted octanol–water partition coefficient (Wildman–Crippen LogP) is 7.03. The summed E-state index contributed by atoms with van der Waals surface area (Å²) in [5, 5.41) is 7.00. The zero-order valence-corrected chi connectivity index (χ0v) is 21.9. The van der Waals surface area contributed by atoms with Crippen LogP contribution in [0.3, 0.4) is 0 Å². The number of aliphatic hydroxyl groups excluding tert-OH is 1. The highest BCUT2D eigenvalue weighted by molar-refractivity contribution is 6.17. The summed E-state index contributed by atoms with van der Waals surface area (Å²) in [4.78, 5) is 0. The number of hydrogen-bond acceptors (Lipinski definition) is 4. The second kappa shape index (κ2) is 11.1. The van der Waals surface area contributed by atoms with Gasteiger partial charge in [0.25, 0.3) is 11.2 Å². The van der Waals surface area contributed by atoms with E-state index in [9.17, 15) is 52.7 Å². The van der Waals surface area contributed by atoms with Gasteiger partial charge in [-0.1, -0.05) is 11.6 Å². The summed E-state index contributed by atoms with van der Waals surface area (Å²) >= 11 is 4.96. The van der Waals surface area contributed by atoms with Crippen molar-refractivity contribution in [2.24, 2.45) is 35.5 Å². The van der Waals surface area contributed by atoms with Crippen LogP contribution in [0.4, 0.5) is 52.7 Å². The van der Waals surface area contributed by atoms with E-state index in [1.165, 1.54) is 0 Å². The number of aliphatic hydroxyl groups is 1. The van der Waals surface area contributed by atoms with Gasteiger partial charge in [0, 0.05) is 26.1 Å². The highest BCUT2D eigenvalue weighted by Crippen LogP contribution is 2.70. The Kier molecular flexibility index (Phi) is 9.37. The number of methoxy groups -OCH3 is 1. The van der Waals surface area contributed by atoms with Gasteiger partial charge in [-0.25, -0.2) is 0 Å². The standard InChI is InChI=1S/2C10H10F6O.C2H5ClO.CH4O/c2*11-9(12,13)8(10(14,15)16)6-4-1-2-5(3-4)7(6)17-8;1-4-2-3;1-2/h2*4-7H,1-3H2;2H2,1H3;2H,1H3. The molecular weight excluding hydrogens is 604 g/mol. The van der Waals surface area contributed by atoms with Crippen molar-refractivity contribution in [1.29, 1.82) is 0 Å². The van der Waals surface area contributed by atoms with Gasteiger partial charge in [-0.3, -0.25) is 0 Å². The van der Waals surface area contributed by atoms with Gasteiger partial charge in [-0.2, -0.15) is 52.7 Å². The molecule has 17 heteroatoms. The van der Waals surface area contributed by atoms with E-state index < -0.39 is 71.8 Å². The first-order valence-corrected chi connectivity index (χ1v) is 12.9. The predicted molar refractivity (Wildman–Crippen MR) is 114 cm³/mol. The molecule has 4 bridgehead atoms. The largest absolute Gasteiger partial charge is 0.426 e. The summed E-state index contributed by atoms with van der Waals surface area (Å²) in [6, 6.07) is 0.292. The molecule has 6 rings (SSSR count). The van der Waals surface area contributed by atoms with Crippen LogP contribution in [0.1, 0.15) is 38.5 Å². The molecule has 8 atom stereocenters. The lowest BCUT2D eigenvalue weighted by molar-refractivity contribution is -0.471. The third kappa shape index (κ3) is 4.88. The minimum atomic E-state index is -5.38. The zero-order valence-electron chi connectivity index (χ0n) is 21.2. The quantitative estimate of drug-likeness (QED) is 0.249. The minimum Gasteiger partial charge on any atom is -0.400 e. The lowest BCUT2D eigenvalue weighted by Crippen LogP contribution is -2.75. The minimum absolute atomic E-state index is 0.108. The van der Waals surface area contributed by atoms with Crippen molar-refractivity contribution >= 4 is 11.6 Å². The summed E-state index contributed by atoms with van der Waals surface area (Å²) in [6.45, 7) is 0. The summed E-state index contributed by atoms with van der Waals surface area (Å²) in [5.74, 6) is -4.02. The fourth-order valence-corrected chi connectivity index (χ4v) is 7.73. The topological polar surface area (TPSA) is 47.9 Å². The molecule has 236 valence electrons. The van der Waals surface area contributed by atoms with Gasteiger partial charge < -0.3 is 19.3 Å². The lowest BCUT2D eigenvalue weighted by Gasteiger charge is -2.56. The Labute approximate surface area is 226 Å². The third-order valence-electron chi connectivity index (χ3n) is 9.06. The summed E-state index contributed by atoms with van der Waals surface area (Å²) < 4.78 is 166. The molecule has 2 aliphatic heterocycles. The Bertz CT molecular complexity index is 772. The highest BCUT2D eigenvalue weighted by Gasteiger charge is 2.87. The molecule has 4 nitrogen and oxygen atoms in total. The first-order chi connectivity index (χ1) is 18.3. The van der Waals surface area contributed by atoms with Gasteiger partial charge in [0.2, 0.25) is 0 Å². The molecule has 2 heterocycles. The van der Waals surface area contributed by atoms with Gasteiger partial charge in [0.05, 0.1) is 12.2 Å². The maximum Gasteiger partial charge on any atom is 0.426 e. The Morgan fingerprint density at radius 1 is 0.625 bits per heavy atom. The third-order valence-corrected chi connectivity index (χ3v) is 9.27. The molecule has 0 aromatic heterocycles. The van der Waals surface area contributed by atoms with Crippen molar-refractivity contribution in [3.05, 3.63) is 0 Å². The zero-order chi connectivity index (χ0) is 30.7. The molecular formula is C23H29ClF12O4. The molecule has 4 aliphatic carbocycles. The van der Waals surface area contributed by atoms with Crippen LogP contribution in [0.5, 0.6) is 0 Å². The van der Waals surface area contributed by atoms with E-state index in [-0.39, 0.29) is 11.8 Å². The second-order valence-corrected chi connectivity index (χ2v) is 11.0. The number of halogens is 13. The Balaban J connectivity index is 0.000000185. The maximum atomic E-state index is 12.8. The average Bonchev–Trinajstić information content (AvgIpc) is 3.50. The second-order valence-electron chi connectivity index (χ2n) is 10.7. The first kappa shape index (κ1) is 33.8. The van der Waals surface area contributed by atoms with Crippen molar-refractivity contribution in [2.45, 2.75) is 86.6 Å². The number of fused-ring (bicyclic) bond motifs is 10. The van der Waals surface area contributed by atoms with Crippen LogP contribution >= 0.6 is 11.6 Å². The lowest BCUT2D eigenvalue weighted by atomic mass is 9.68. The van der Waals surface area contributed by atoms with Crippen LogP contribution in [0, 0.1) is 35.5 Å². The van der Waals surface area contributed by atoms with E-state index in [1.807, 2.05) is 0 Å². The van der Waals surface area contributed by atoms with Gasteiger partial charge >= 0.3 is 24.7 Å². The van der Waals surface area contributed by atoms with Crippen LogP contribution in [-0.2, 0) is 14.2 Å². The number of ether oxygens (including phenoxy) is 3. The average molecular weight is 633 g/mol. The molecule has 0 radical (unpaired) electrons. The van der Waals surface area contributed by atoms with Gasteiger partial charge in [-0.15, -0.1) is 0 Å². The van der Waals surface area contributed by atoms with E-state index in [0.717, 1.165) is 7.11 Å². The van der Waals surface area contributed by atoms with Crippen LogP contribution < -0.4 is 0 Å². The molecule has 8 unspecified atom stereocenters. The molecule has 0 spiro atoms. The van der Waals surface area contributed by atoms with E-state index in [0.29, 0.717) is 44.6 Å². The van der Waals surface area contributed by atoms with Gasteiger partial charge in [0.15, 0.2) is 0 Å². The molecule has 6 aliphatic rings. The van der Waals surface area contributed by atoms with E-state index in [2.05, 4.69) is 14.2 Å². The Hall–Kier alpha value is -0.710. The molecule has 0 aromatic carbocycles. The Morgan fingerprint density at radius 3 is 1.07 bits per heavy atom. The molecule has 0 aromatic rings. The van der Waals surface area contributed by atoms with Crippen LogP contribution in [-0.4, -0.2) is 73.5 Å². The number of hydrogen-bond donors (Lipinski definition) is 1. The van der Waals surface area contributed by atoms with Crippen molar-refractivity contribution in [3.8, 4) is 0 Å². The van der Waals surface area contributed by atoms with Crippen molar-refractivity contribution in [3.63, 3.8) is 0 Å². The number of alkyl halides is 13. The summed E-state index contributed by atoms with van der Waals surface area (Å²) in [6.07, 6.45) is -20.0. The summed E-state index contributed by atoms with van der Waals surface area (Å²) in [5.41, 5.74) is -7.80. The normalized spacial score (nSPS) is 37.8. The Morgan fingerprint density at radius 2 is 0.875 bits per heavy atom. The molecule has 1 N–H and O–H groups in total. The van der Waals surface area contributed by atoms with E-state index in [4.69, 9.17) is 16.7 Å². The molecule has 2 saturated heterocycles. The first-order valence-electron chi connectivity index (χ1n) is 12.4. The fourth-order valence-electron chi connectivity index (χ4n) is 7.73. The summed E-state index contributed by atoms with van der Waals surface area (Å²) in [7, 11) is 2.55.